The first-order valence-corrected chi connectivity index (χ1v) is 18.1. The summed E-state index contributed by atoms with van der Waals surface area (Å²) in [6.07, 6.45) is 3.51. The predicted molar refractivity (Wildman–Crippen MR) is 186 cm³/mol. The maximum absolute atomic E-state index is 16.7. The van der Waals surface area contributed by atoms with Gasteiger partial charge < -0.3 is 19.6 Å². The summed E-state index contributed by atoms with van der Waals surface area (Å²) in [7, 11) is 0. The Morgan fingerprint density at radius 1 is 1.10 bits per heavy atom. The van der Waals surface area contributed by atoms with Crippen molar-refractivity contribution in [3.05, 3.63) is 52.4 Å². The van der Waals surface area contributed by atoms with Crippen LogP contribution in [0.15, 0.2) is 35.7 Å². The summed E-state index contributed by atoms with van der Waals surface area (Å²) < 4.78 is 67.0. The van der Waals surface area contributed by atoms with Gasteiger partial charge in [0.1, 0.15) is 40.6 Å². The van der Waals surface area contributed by atoms with Gasteiger partial charge >= 0.3 is 12.1 Å². The highest BCUT2D eigenvalue weighted by molar-refractivity contribution is 7.22. The number of nitrogens with one attached hydrogen (secondary N) is 1. The van der Waals surface area contributed by atoms with Crippen LogP contribution in [0, 0.1) is 11.6 Å². The number of carboxylic acid groups (broad SMARTS) is 1. The molecular formula is C33H29F4N9O4S2. The fraction of sp³-hybridized carbons (Fsp3) is 0.364. The monoisotopic (exact) mass is 755 g/mol. The summed E-state index contributed by atoms with van der Waals surface area (Å²) >= 11 is 1.96. The van der Waals surface area contributed by atoms with Gasteiger partial charge in [0, 0.05) is 68.6 Å². The molecule has 0 bridgehead atoms. The normalized spacial score (nSPS) is 20.9. The van der Waals surface area contributed by atoms with Crippen LogP contribution in [0.1, 0.15) is 24.3 Å². The molecular weight excluding hydrogens is 727 g/mol. The molecule has 3 saturated heterocycles. The average molecular weight is 756 g/mol. The van der Waals surface area contributed by atoms with E-state index >= 15 is 4.39 Å². The summed E-state index contributed by atoms with van der Waals surface area (Å²) in [4.78, 5) is 51.1. The molecule has 3 aliphatic rings. The summed E-state index contributed by atoms with van der Waals surface area (Å²) in [5.41, 5.74) is -0.797. The maximum Gasteiger partial charge on any atom is 0.410 e. The van der Waals surface area contributed by atoms with Crippen molar-refractivity contribution in [2.45, 2.75) is 31.0 Å². The van der Waals surface area contributed by atoms with E-state index in [1.165, 1.54) is 34.7 Å². The van der Waals surface area contributed by atoms with Crippen LogP contribution in [0.2, 0.25) is 0 Å². The van der Waals surface area contributed by atoms with Crippen molar-refractivity contribution < 1.29 is 37.0 Å². The van der Waals surface area contributed by atoms with E-state index in [4.69, 9.17) is 9.84 Å². The van der Waals surface area contributed by atoms with Crippen LogP contribution < -0.4 is 15.0 Å². The molecule has 1 aromatic carbocycles. The minimum absolute atomic E-state index is 0.00315. The Hall–Kier alpha value is -5.01. The molecule has 3 fully saturated rings. The molecule has 52 heavy (non-hydrogen) atoms. The second kappa shape index (κ2) is 13.5. The van der Waals surface area contributed by atoms with E-state index in [2.05, 4.69) is 35.1 Å². The summed E-state index contributed by atoms with van der Waals surface area (Å²) in [5, 5.41) is 13.4. The number of carbonyl (C=O) groups excluding carboxylic acids is 1. The van der Waals surface area contributed by atoms with Gasteiger partial charge in [0.2, 0.25) is 0 Å². The molecule has 8 rings (SSSR count). The highest BCUT2D eigenvalue weighted by Gasteiger charge is 2.49. The maximum atomic E-state index is 16.7. The Balaban J connectivity index is 1.15. The highest BCUT2D eigenvalue weighted by atomic mass is 32.1. The number of halogens is 4. The second-order valence-corrected chi connectivity index (χ2v) is 14.7. The van der Waals surface area contributed by atoms with Crippen molar-refractivity contribution in [1.29, 1.82) is 0 Å². The number of hydrogen-bond acceptors (Lipinski definition) is 12. The van der Waals surface area contributed by atoms with Crippen molar-refractivity contribution >= 4 is 72.8 Å². The molecule has 0 spiro atoms. The van der Waals surface area contributed by atoms with E-state index in [0.717, 1.165) is 42.9 Å². The van der Waals surface area contributed by atoms with E-state index < -0.39 is 41.2 Å². The largest absolute Gasteiger partial charge is 0.465 e. The van der Waals surface area contributed by atoms with Crippen LogP contribution in [0.25, 0.3) is 38.5 Å². The number of amides is 2. The minimum Gasteiger partial charge on any atom is -0.465 e. The van der Waals surface area contributed by atoms with Crippen LogP contribution >= 0.6 is 22.7 Å². The summed E-state index contributed by atoms with van der Waals surface area (Å²) in [6.45, 7) is 1.83. The predicted octanol–water partition coefficient (Wildman–Crippen LogP) is 5.74. The van der Waals surface area contributed by atoms with E-state index in [1.54, 1.807) is 10.3 Å². The summed E-state index contributed by atoms with van der Waals surface area (Å²) in [5.74, 6) is -3.00. The minimum atomic E-state index is -1.39. The Bertz CT molecular complexity index is 2230. The zero-order valence-corrected chi connectivity index (χ0v) is 28.8. The van der Waals surface area contributed by atoms with Crippen molar-refractivity contribution in [3.63, 3.8) is 0 Å². The first-order chi connectivity index (χ1) is 25.1. The smallest absolute Gasteiger partial charge is 0.410 e. The average Bonchev–Trinajstić information content (AvgIpc) is 3.93. The lowest BCUT2D eigenvalue weighted by Gasteiger charge is -2.35. The van der Waals surface area contributed by atoms with E-state index in [1.807, 2.05) is 0 Å². The highest BCUT2D eigenvalue weighted by Crippen LogP contribution is 2.41. The number of alkyl halides is 1. The molecule has 2 atom stereocenters. The topological polar surface area (TPSA) is 150 Å². The Kier molecular flexibility index (Phi) is 8.86. The van der Waals surface area contributed by atoms with Gasteiger partial charge in [-0.25, -0.2) is 32.3 Å². The van der Waals surface area contributed by atoms with Gasteiger partial charge in [-0.1, -0.05) is 11.3 Å². The molecule has 0 saturated carbocycles. The number of rotatable bonds is 8. The first-order valence-electron chi connectivity index (χ1n) is 16.4. The van der Waals surface area contributed by atoms with Gasteiger partial charge in [-0.05, 0) is 31.5 Å². The molecule has 0 unspecified atom stereocenters. The van der Waals surface area contributed by atoms with Crippen LogP contribution in [-0.2, 0) is 4.79 Å². The van der Waals surface area contributed by atoms with Crippen LogP contribution in [0.3, 0.4) is 0 Å². The molecule has 2 amide bonds. The third-order valence-corrected chi connectivity index (χ3v) is 11.3. The molecule has 0 radical (unpaired) electrons. The first kappa shape index (κ1) is 34.1. The van der Waals surface area contributed by atoms with Crippen molar-refractivity contribution in [3.8, 4) is 17.3 Å². The SMILES string of the molecule is O=C(O)Nc1nc2c(-c3ncc4c(N5CCN(C(=O)/C(F)=C/c6nccs6)CC5)nc(OC[C@@]56CCCN5C[C@H](F)C6)nc4c3F)ccc(F)c2s1. The standard InChI is InChI=1S/C33H29F4N9O4S2/c34-17-13-33(4-1-6-46(33)15-17)16-50-30-40-25-19(28(42-30)44-7-9-45(10-8-44)29(47)21(36)12-22-38-5-11-51-22)14-39-24(23(25)37)18-2-3-20(35)27-26(18)41-31(52-27)43-32(48)49/h2-3,5,11-12,14,17H,1,4,6-10,13,15-16H2,(H,41,43)(H,48,49)/b21-12-/t17-,33+/m1/s1. The number of nitrogens with zero attached hydrogens (tertiary/aromatic N) is 8. The quantitative estimate of drug-likeness (QED) is 0.148. The lowest BCUT2D eigenvalue weighted by molar-refractivity contribution is -0.128. The number of carbonyl (C=O) groups is 2. The zero-order chi connectivity index (χ0) is 36.1. The van der Waals surface area contributed by atoms with Gasteiger partial charge in [0.15, 0.2) is 16.8 Å². The molecule has 7 heterocycles. The third-order valence-electron chi connectivity index (χ3n) is 9.61. The number of fused-ring (bicyclic) bond motifs is 3. The second-order valence-electron chi connectivity index (χ2n) is 12.7. The number of piperazine rings is 1. The van der Waals surface area contributed by atoms with Crippen LogP contribution in [0.4, 0.5) is 33.3 Å². The molecule has 19 heteroatoms. The zero-order valence-electron chi connectivity index (χ0n) is 27.2. The van der Waals surface area contributed by atoms with Crippen LogP contribution in [0.5, 0.6) is 6.01 Å². The molecule has 270 valence electrons. The number of thiazole rings is 2. The molecule has 5 aromatic rings. The molecule has 13 nitrogen and oxygen atoms in total. The number of benzene rings is 1. The molecule has 4 aromatic heterocycles. The van der Waals surface area contributed by atoms with E-state index in [0.29, 0.717) is 18.0 Å². The Labute approximate surface area is 300 Å². The van der Waals surface area contributed by atoms with Crippen molar-refractivity contribution in [2.24, 2.45) is 0 Å². The fourth-order valence-electron chi connectivity index (χ4n) is 7.22. The van der Waals surface area contributed by atoms with E-state index in [-0.39, 0.29) is 82.1 Å². The Morgan fingerprint density at radius 2 is 1.92 bits per heavy atom. The number of ether oxygens (including phenoxy) is 1. The van der Waals surface area contributed by atoms with Crippen molar-refractivity contribution in [1.82, 2.24) is 34.7 Å². The van der Waals surface area contributed by atoms with Gasteiger partial charge in [0.25, 0.3) is 5.91 Å². The number of aromatic nitrogens is 5. The number of anilines is 2. The number of hydrogen-bond donors (Lipinski definition) is 2. The number of pyridine rings is 1. The molecule has 0 aliphatic carbocycles. The third kappa shape index (κ3) is 6.25. The lowest BCUT2D eigenvalue weighted by Crippen LogP contribution is -2.49. The lowest BCUT2D eigenvalue weighted by atomic mass is 9.95. The Morgan fingerprint density at radius 3 is 2.69 bits per heavy atom. The van der Waals surface area contributed by atoms with E-state index in [9.17, 15) is 22.8 Å². The molecule has 2 N–H and O–H groups in total. The van der Waals surface area contributed by atoms with Crippen LogP contribution in [-0.4, -0.2) is 109 Å². The van der Waals surface area contributed by atoms with Gasteiger partial charge in [-0.2, -0.15) is 9.97 Å². The fourth-order valence-corrected chi connectivity index (χ4v) is 8.66. The van der Waals surface area contributed by atoms with Gasteiger partial charge in [-0.15, -0.1) is 11.3 Å². The van der Waals surface area contributed by atoms with Gasteiger partial charge in [-0.3, -0.25) is 20.0 Å². The summed E-state index contributed by atoms with van der Waals surface area (Å²) in [6, 6.07) is 2.27. The van der Waals surface area contributed by atoms with Crippen molar-refractivity contribution in [2.75, 3.05) is 56.1 Å². The molecule has 3 aliphatic heterocycles. The van der Waals surface area contributed by atoms with Gasteiger partial charge in [0.05, 0.1) is 21.1 Å².